The van der Waals surface area contributed by atoms with Crippen LogP contribution in [0.3, 0.4) is 0 Å². The number of aromatic nitrogens is 1. The highest BCUT2D eigenvalue weighted by atomic mass is 35.5. The molecule has 0 amide bonds. The standard InChI is InChI=1S/C15H15ClF2N2/c1-9(2)20-7-10-3-11(8-19-6-10)12-4-14(17)15(18)5-13(12)16/h3-6,8-9,20H,7H2,1-2H3. The van der Waals surface area contributed by atoms with Crippen molar-refractivity contribution in [3.05, 3.63) is 52.8 Å². The van der Waals surface area contributed by atoms with Crippen LogP contribution in [0.4, 0.5) is 8.78 Å². The summed E-state index contributed by atoms with van der Waals surface area (Å²) in [5, 5.41) is 3.43. The molecule has 0 radical (unpaired) electrons. The fourth-order valence-electron chi connectivity index (χ4n) is 1.80. The maximum atomic E-state index is 13.3. The van der Waals surface area contributed by atoms with Crippen LogP contribution in [0.2, 0.25) is 5.02 Å². The molecule has 0 aliphatic heterocycles. The Bertz CT molecular complexity index is 615. The summed E-state index contributed by atoms with van der Waals surface area (Å²) < 4.78 is 26.4. The normalized spacial score (nSPS) is 11.1. The van der Waals surface area contributed by atoms with Gasteiger partial charge < -0.3 is 5.32 Å². The van der Waals surface area contributed by atoms with E-state index in [1.165, 1.54) is 0 Å². The highest BCUT2D eigenvalue weighted by molar-refractivity contribution is 6.33. The lowest BCUT2D eigenvalue weighted by atomic mass is 10.1. The van der Waals surface area contributed by atoms with E-state index < -0.39 is 11.6 Å². The second-order valence-corrected chi connectivity index (χ2v) is 5.27. The zero-order chi connectivity index (χ0) is 14.7. The molecule has 1 N–H and O–H groups in total. The van der Waals surface area contributed by atoms with Gasteiger partial charge in [0.2, 0.25) is 0 Å². The lowest BCUT2D eigenvalue weighted by Crippen LogP contribution is -2.21. The molecule has 2 nitrogen and oxygen atoms in total. The third-order valence-corrected chi connectivity index (χ3v) is 3.14. The van der Waals surface area contributed by atoms with Crippen LogP contribution in [0.5, 0.6) is 0 Å². The Morgan fingerprint density at radius 2 is 1.85 bits per heavy atom. The number of nitrogens with one attached hydrogen (secondary N) is 1. The Labute approximate surface area is 121 Å². The molecular weight excluding hydrogens is 282 g/mol. The molecular formula is C15H15ClF2N2. The Balaban J connectivity index is 2.33. The number of hydrogen-bond donors (Lipinski definition) is 1. The number of nitrogens with zero attached hydrogens (tertiary/aromatic N) is 1. The molecule has 1 aromatic heterocycles. The first-order valence-corrected chi connectivity index (χ1v) is 6.67. The third-order valence-electron chi connectivity index (χ3n) is 2.83. The van der Waals surface area contributed by atoms with Crippen LogP contribution in [0.25, 0.3) is 11.1 Å². The van der Waals surface area contributed by atoms with E-state index in [1.54, 1.807) is 12.4 Å². The average Bonchev–Trinajstić information content (AvgIpc) is 2.41. The van der Waals surface area contributed by atoms with E-state index in [0.29, 0.717) is 23.7 Å². The first-order chi connectivity index (χ1) is 9.47. The lowest BCUT2D eigenvalue weighted by molar-refractivity contribution is 0.509. The van der Waals surface area contributed by atoms with Gasteiger partial charge >= 0.3 is 0 Å². The van der Waals surface area contributed by atoms with Gasteiger partial charge in [-0.15, -0.1) is 0 Å². The van der Waals surface area contributed by atoms with E-state index >= 15 is 0 Å². The molecule has 0 saturated heterocycles. The molecule has 0 spiro atoms. The third kappa shape index (κ3) is 3.52. The second kappa shape index (κ2) is 6.29. The van der Waals surface area contributed by atoms with E-state index in [2.05, 4.69) is 10.3 Å². The van der Waals surface area contributed by atoms with Gasteiger partial charge in [-0.3, -0.25) is 4.98 Å². The molecule has 1 aromatic carbocycles. The van der Waals surface area contributed by atoms with E-state index in [4.69, 9.17) is 11.6 Å². The van der Waals surface area contributed by atoms with Crippen LogP contribution >= 0.6 is 11.6 Å². The Morgan fingerprint density at radius 3 is 2.55 bits per heavy atom. The summed E-state index contributed by atoms with van der Waals surface area (Å²) in [4.78, 5) is 4.12. The van der Waals surface area contributed by atoms with Crippen molar-refractivity contribution in [1.29, 1.82) is 0 Å². The minimum Gasteiger partial charge on any atom is -0.310 e. The van der Waals surface area contributed by atoms with Gasteiger partial charge in [-0.1, -0.05) is 25.4 Å². The molecule has 2 aromatic rings. The molecule has 106 valence electrons. The predicted molar refractivity (Wildman–Crippen MR) is 76.6 cm³/mol. The second-order valence-electron chi connectivity index (χ2n) is 4.86. The molecule has 0 unspecified atom stereocenters. The van der Waals surface area contributed by atoms with Crippen LogP contribution in [-0.2, 0) is 6.54 Å². The number of rotatable bonds is 4. The summed E-state index contributed by atoms with van der Waals surface area (Å²) >= 11 is 5.97. The fraction of sp³-hybridized carbons (Fsp3) is 0.267. The molecule has 0 aliphatic carbocycles. The van der Waals surface area contributed by atoms with Crippen molar-refractivity contribution < 1.29 is 8.78 Å². The van der Waals surface area contributed by atoms with E-state index in [9.17, 15) is 8.78 Å². The van der Waals surface area contributed by atoms with Gasteiger partial charge in [0.05, 0.1) is 5.02 Å². The molecule has 2 rings (SSSR count). The Hall–Kier alpha value is -1.52. The zero-order valence-electron chi connectivity index (χ0n) is 11.3. The molecule has 0 saturated carbocycles. The summed E-state index contributed by atoms with van der Waals surface area (Å²) in [6, 6.07) is 4.28. The number of benzene rings is 1. The summed E-state index contributed by atoms with van der Waals surface area (Å²) in [5.41, 5.74) is 2.05. The molecule has 0 bridgehead atoms. The quantitative estimate of drug-likeness (QED) is 0.856. The van der Waals surface area contributed by atoms with Gasteiger partial charge in [0.1, 0.15) is 0 Å². The van der Waals surface area contributed by atoms with Gasteiger partial charge in [0, 0.05) is 36.1 Å². The molecule has 1 heterocycles. The number of halogens is 3. The lowest BCUT2D eigenvalue weighted by Gasteiger charge is -2.10. The minimum atomic E-state index is -0.954. The van der Waals surface area contributed by atoms with Gasteiger partial charge in [-0.2, -0.15) is 0 Å². The number of pyridine rings is 1. The van der Waals surface area contributed by atoms with Crippen LogP contribution in [0.15, 0.2) is 30.6 Å². The van der Waals surface area contributed by atoms with Crippen molar-refractivity contribution >= 4 is 11.6 Å². The fourth-order valence-corrected chi connectivity index (χ4v) is 2.06. The molecule has 0 aliphatic rings. The van der Waals surface area contributed by atoms with Crippen LogP contribution < -0.4 is 5.32 Å². The first kappa shape index (κ1) is 14.9. The maximum Gasteiger partial charge on any atom is 0.160 e. The van der Waals surface area contributed by atoms with Crippen LogP contribution in [0.1, 0.15) is 19.4 Å². The monoisotopic (exact) mass is 296 g/mol. The predicted octanol–water partition coefficient (Wildman–Crippen LogP) is 4.18. The summed E-state index contributed by atoms with van der Waals surface area (Å²) in [6.45, 7) is 4.74. The zero-order valence-corrected chi connectivity index (χ0v) is 12.0. The van der Waals surface area contributed by atoms with Gasteiger partial charge in [0.25, 0.3) is 0 Å². The first-order valence-electron chi connectivity index (χ1n) is 6.29. The van der Waals surface area contributed by atoms with Crippen molar-refractivity contribution in [2.45, 2.75) is 26.4 Å². The van der Waals surface area contributed by atoms with Gasteiger partial charge in [-0.25, -0.2) is 8.78 Å². The highest BCUT2D eigenvalue weighted by Gasteiger charge is 2.11. The van der Waals surface area contributed by atoms with E-state index in [-0.39, 0.29) is 5.02 Å². The smallest absolute Gasteiger partial charge is 0.160 e. The van der Waals surface area contributed by atoms with Crippen LogP contribution in [0, 0.1) is 11.6 Å². The largest absolute Gasteiger partial charge is 0.310 e. The van der Waals surface area contributed by atoms with Crippen molar-refractivity contribution in [2.24, 2.45) is 0 Å². The summed E-state index contributed by atoms with van der Waals surface area (Å²) in [6.07, 6.45) is 3.31. The van der Waals surface area contributed by atoms with Crippen molar-refractivity contribution in [3.8, 4) is 11.1 Å². The van der Waals surface area contributed by atoms with E-state index in [1.807, 2.05) is 19.9 Å². The molecule has 0 fully saturated rings. The average molecular weight is 297 g/mol. The maximum absolute atomic E-state index is 13.3. The van der Waals surface area contributed by atoms with E-state index in [0.717, 1.165) is 17.7 Å². The molecule has 5 heteroatoms. The highest BCUT2D eigenvalue weighted by Crippen LogP contribution is 2.29. The van der Waals surface area contributed by atoms with Crippen molar-refractivity contribution in [1.82, 2.24) is 10.3 Å². The Morgan fingerprint density at radius 1 is 1.15 bits per heavy atom. The molecule has 20 heavy (non-hydrogen) atoms. The van der Waals surface area contributed by atoms with Gasteiger partial charge in [0.15, 0.2) is 11.6 Å². The topological polar surface area (TPSA) is 24.9 Å². The van der Waals surface area contributed by atoms with Gasteiger partial charge in [-0.05, 0) is 23.8 Å². The van der Waals surface area contributed by atoms with Crippen molar-refractivity contribution in [2.75, 3.05) is 0 Å². The summed E-state index contributed by atoms with van der Waals surface area (Å²) in [5.74, 6) is -1.88. The minimum absolute atomic E-state index is 0.166. The number of hydrogen-bond acceptors (Lipinski definition) is 2. The Kier molecular flexibility index (Phi) is 4.68. The SMILES string of the molecule is CC(C)NCc1cncc(-c2cc(F)c(F)cc2Cl)c1. The van der Waals surface area contributed by atoms with Crippen LogP contribution in [-0.4, -0.2) is 11.0 Å². The van der Waals surface area contributed by atoms with Crippen molar-refractivity contribution in [3.63, 3.8) is 0 Å². The summed E-state index contributed by atoms with van der Waals surface area (Å²) in [7, 11) is 0. The molecule has 0 atom stereocenters.